The van der Waals surface area contributed by atoms with Crippen LogP contribution in [0.1, 0.15) is 53.4 Å². The van der Waals surface area contributed by atoms with Gasteiger partial charge in [-0.2, -0.15) is 0 Å². The highest BCUT2D eigenvalue weighted by atomic mass is 32.2. The van der Waals surface area contributed by atoms with E-state index >= 15 is 0 Å². The van der Waals surface area contributed by atoms with Gasteiger partial charge in [0.15, 0.2) is 5.17 Å². The SMILES string of the molecule is CC(CN=C1NC2(CCCC2)CS1)C(C)(C)C. The van der Waals surface area contributed by atoms with E-state index in [0.717, 1.165) is 6.54 Å². The molecule has 0 amide bonds. The highest BCUT2D eigenvalue weighted by molar-refractivity contribution is 8.14. The Kier molecular flexibility index (Phi) is 3.77. The summed E-state index contributed by atoms with van der Waals surface area (Å²) in [6.45, 7) is 10.1. The number of hydrogen-bond donors (Lipinski definition) is 1. The summed E-state index contributed by atoms with van der Waals surface area (Å²) in [7, 11) is 0. The topological polar surface area (TPSA) is 24.4 Å². The smallest absolute Gasteiger partial charge is 0.157 e. The van der Waals surface area contributed by atoms with Crippen molar-refractivity contribution in [2.24, 2.45) is 16.3 Å². The fraction of sp³-hybridized carbons (Fsp3) is 0.929. The maximum Gasteiger partial charge on any atom is 0.157 e. The number of amidine groups is 1. The molecule has 0 aromatic rings. The van der Waals surface area contributed by atoms with Gasteiger partial charge < -0.3 is 5.32 Å². The first-order chi connectivity index (χ1) is 7.91. The van der Waals surface area contributed by atoms with E-state index in [1.165, 1.54) is 36.6 Å². The van der Waals surface area contributed by atoms with Gasteiger partial charge >= 0.3 is 0 Å². The largest absolute Gasteiger partial charge is 0.359 e. The maximum atomic E-state index is 4.78. The minimum atomic E-state index is 0.360. The van der Waals surface area contributed by atoms with E-state index in [0.29, 0.717) is 16.9 Å². The summed E-state index contributed by atoms with van der Waals surface area (Å²) in [5, 5.41) is 4.88. The molecule has 0 bridgehead atoms. The van der Waals surface area contributed by atoms with Crippen LogP contribution in [-0.4, -0.2) is 23.0 Å². The van der Waals surface area contributed by atoms with Gasteiger partial charge in [-0.05, 0) is 24.2 Å². The molecule has 2 fully saturated rings. The molecule has 2 rings (SSSR count). The summed E-state index contributed by atoms with van der Waals surface area (Å²) in [6.07, 6.45) is 5.46. The molecular weight excluding hydrogens is 228 g/mol. The maximum absolute atomic E-state index is 4.78. The Morgan fingerprint density at radius 2 is 2.00 bits per heavy atom. The van der Waals surface area contributed by atoms with Gasteiger partial charge in [-0.3, -0.25) is 4.99 Å². The number of rotatable bonds is 2. The van der Waals surface area contributed by atoms with Crippen LogP contribution in [0.4, 0.5) is 0 Å². The molecule has 3 heteroatoms. The van der Waals surface area contributed by atoms with Crippen molar-refractivity contribution in [3.8, 4) is 0 Å². The van der Waals surface area contributed by atoms with Crippen LogP contribution in [0.2, 0.25) is 0 Å². The Balaban J connectivity index is 1.88. The molecule has 0 aromatic carbocycles. The predicted molar refractivity (Wildman–Crippen MR) is 77.7 cm³/mol. The molecule has 98 valence electrons. The highest BCUT2D eigenvalue weighted by Gasteiger charge is 2.39. The van der Waals surface area contributed by atoms with Gasteiger partial charge in [0.25, 0.3) is 0 Å². The molecule has 1 saturated heterocycles. The molecule has 2 aliphatic rings. The minimum absolute atomic E-state index is 0.360. The molecule has 1 spiro atoms. The van der Waals surface area contributed by atoms with Crippen molar-refractivity contribution in [2.75, 3.05) is 12.3 Å². The third kappa shape index (κ3) is 3.18. The Labute approximate surface area is 110 Å². The normalized spacial score (nSPS) is 27.6. The number of hydrogen-bond acceptors (Lipinski definition) is 2. The van der Waals surface area contributed by atoms with Crippen LogP contribution in [0.15, 0.2) is 4.99 Å². The lowest BCUT2D eigenvalue weighted by Gasteiger charge is -2.26. The van der Waals surface area contributed by atoms with Crippen LogP contribution in [0.5, 0.6) is 0 Å². The molecule has 1 aliphatic carbocycles. The Morgan fingerprint density at radius 3 is 2.59 bits per heavy atom. The summed E-state index contributed by atoms with van der Waals surface area (Å²) in [4.78, 5) is 4.78. The van der Waals surface area contributed by atoms with E-state index in [2.05, 4.69) is 33.0 Å². The zero-order valence-electron chi connectivity index (χ0n) is 11.7. The molecule has 0 radical (unpaired) electrons. The first kappa shape index (κ1) is 13.3. The number of nitrogens with one attached hydrogen (secondary N) is 1. The molecule has 2 nitrogen and oxygen atoms in total. The molecule has 1 saturated carbocycles. The quantitative estimate of drug-likeness (QED) is 0.813. The zero-order chi connectivity index (χ0) is 12.5. The van der Waals surface area contributed by atoms with Crippen LogP contribution >= 0.6 is 11.8 Å². The lowest BCUT2D eigenvalue weighted by molar-refractivity contribution is 0.269. The number of thioether (sulfide) groups is 1. The van der Waals surface area contributed by atoms with Gasteiger partial charge in [-0.1, -0.05) is 52.3 Å². The fourth-order valence-electron chi connectivity index (χ4n) is 2.41. The fourth-order valence-corrected chi connectivity index (χ4v) is 3.63. The summed E-state index contributed by atoms with van der Waals surface area (Å²) < 4.78 is 0. The van der Waals surface area contributed by atoms with E-state index in [1.54, 1.807) is 0 Å². The highest BCUT2D eigenvalue weighted by Crippen LogP contribution is 2.37. The number of aliphatic imine (C=N–C) groups is 1. The Morgan fingerprint density at radius 1 is 1.35 bits per heavy atom. The second-order valence-corrected chi connectivity index (χ2v) is 7.78. The molecule has 0 aromatic heterocycles. The van der Waals surface area contributed by atoms with Crippen molar-refractivity contribution >= 4 is 16.9 Å². The first-order valence-electron chi connectivity index (χ1n) is 6.87. The summed E-state index contributed by atoms with van der Waals surface area (Å²) in [6, 6.07) is 0. The third-order valence-electron chi connectivity index (χ3n) is 4.41. The van der Waals surface area contributed by atoms with Gasteiger partial charge in [0.2, 0.25) is 0 Å². The molecule has 1 unspecified atom stereocenters. The van der Waals surface area contributed by atoms with Crippen LogP contribution in [0, 0.1) is 11.3 Å². The lowest BCUT2D eigenvalue weighted by Crippen LogP contribution is -2.40. The van der Waals surface area contributed by atoms with Gasteiger partial charge in [0, 0.05) is 17.8 Å². The van der Waals surface area contributed by atoms with E-state index in [4.69, 9.17) is 4.99 Å². The molecule has 1 N–H and O–H groups in total. The van der Waals surface area contributed by atoms with E-state index < -0.39 is 0 Å². The van der Waals surface area contributed by atoms with Crippen LogP contribution < -0.4 is 5.32 Å². The summed E-state index contributed by atoms with van der Waals surface area (Å²) >= 11 is 1.93. The van der Waals surface area contributed by atoms with Crippen molar-refractivity contribution in [1.82, 2.24) is 5.32 Å². The average Bonchev–Trinajstić information content (AvgIpc) is 2.85. The monoisotopic (exact) mass is 254 g/mol. The van der Waals surface area contributed by atoms with Gasteiger partial charge in [-0.25, -0.2) is 0 Å². The molecule has 1 atom stereocenters. The number of nitrogens with zero attached hydrogens (tertiary/aromatic N) is 1. The van der Waals surface area contributed by atoms with Crippen LogP contribution in [0.25, 0.3) is 0 Å². The van der Waals surface area contributed by atoms with E-state index in [1.807, 2.05) is 11.8 Å². The van der Waals surface area contributed by atoms with Gasteiger partial charge in [0.05, 0.1) is 0 Å². The van der Waals surface area contributed by atoms with Crippen molar-refractivity contribution in [3.63, 3.8) is 0 Å². The Hall–Kier alpha value is -0.180. The average molecular weight is 254 g/mol. The first-order valence-corrected chi connectivity index (χ1v) is 7.85. The van der Waals surface area contributed by atoms with Crippen LogP contribution in [0.3, 0.4) is 0 Å². The van der Waals surface area contributed by atoms with Crippen molar-refractivity contribution in [1.29, 1.82) is 0 Å². The van der Waals surface area contributed by atoms with Gasteiger partial charge in [0.1, 0.15) is 0 Å². The van der Waals surface area contributed by atoms with Crippen molar-refractivity contribution < 1.29 is 0 Å². The second-order valence-electron chi connectivity index (χ2n) is 6.81. The summed E-state index contributed by atoms with van der Waals surface area (Å²) in [5.74, 6) is 1.87. The van der Waals surface area contributed by atoms with Gasteiger partial charge in [-0.15, -0.1) is 0 Å². The van der Waals surface area contributed by atoms with E-state index in [9.17, 15) is 0 Å². The predicted octanol–water partition coefficient (Wildman–Crippen LogP) is 3.67. The summed E-state index contributed by atoms with van der Waals surface area (Å²) in [5.41, 5.74) is 0.771. The standard InChI is InChI=1S/C14H26N2S/c1-11(13(2,3)4)9-15-12-16-14(10-17-12)7-5-6-8-14/h11H,5-10H2,1-4H3,(H,15,16). The second kappa shape index (κ2) is 4.83. The molecular formula is C14H26N2S. The van der Waals surface area contributed by atoms with E-state index in [-0.39, 0.29) is 0 Å². The zero-order valence-corrected chi connectivity index (χ0v) is 12.5. The molecule has 1 aliphatic heterocycles. The Bertz CT molecular complexity index is 298. The van der Waals surface area contributed by atoms with Crippen molar-refractivity contribution in [2.45, 2.75) is 58.9 Å². The van der Waals surface area contributed by atoms with Crippen LogP contribution in [-0.2, 0) is 0 Å². The lowest BCUT2D eigenvalue weighted by atomic mass is 9.82. The molecule has 1 heterocycles. The van der Waals surface area contributed by atoms with Crippen molar-refractivity contribution in [3.05, 3.63) is 0 Å². The third-order valence-corrected chi connectivity index (χ3v) is 5.61. The molecule has 17 heavy (non-hydrogen) atoms. The minimum Gasteiger partial charge on any atom is -0.359 e.